The number of aromatic nitrogens is 2. The molecule has 0 bridgehead atoms. The molecule has 1 aromatic heterocycles. The summed E-state index contributed by atoms with van der Waals surface area (Å²) in [6, 6.07) is 11.7. The van der Waals surface area contributed by atoms with Crippen LogP contribution in [0.2, 0.25) is 0 Å². The second-order valence-corrected chi connectivity index (χ2v) is 6.94. The van der Waals surface area contributed by atoms with Gasteiger partial charge in [-0.1, -0.05) is 15.9 Å². The number of benzene rings is 2. The molecule has 4 rings (SSSR count). The minimum atomic E-state index is -0.324. The number of carbonyl (C=O) groups is 1. The van der Waals surface area contributed by atoms with E-state index in [1.165, 1.54) is 12.1 Å². The van der Waals surface area contributed by atoms with Crippen molar-refractivity contribution in [3.63, 3.8) is 0 Å². The third-order valence-electron chi connectivity index (χ3n) is 4.46. The van der Waals surface area contributed by atoms with Crippen molar-refractivity contribution in [2.45, 2.75) is 12.3 Å². The van der Waals surface area contributed by atoms with Gasteiger partial charge in [0.15, 0.2) is 0 Å². The van der Waals surface area contributed by atoms with E-state index in [-0.39, 0.29) is 17.6 Å². The highest BCUT2D eigenvalue weighted by molar-refractivity contribution is 9.10. The van der Waals surface area contributed by atoms with Crippen LogP contribution in [0.3, 0.4) is 0 Å². The van der Waals surface area contributed by atoms with Gasteiger partial charge in [-0.2, -0.15) is 5.10 Å². The van der Waals surface area contributed by atoms with Crippen molar-refractivity contribution in [1.29, 1.82) is 0 Å². The molecule has 0 aliphatic carbocycles. The zero-order valence-corrected chi connectivity index (χ0v) is 15.5. The summed E-state index contributed by atoms with van der Waals surface area (Å²) in [5, 5.41) is 7.30. The van der Waals surface area contributed by atoms with Crippen LogP contribution in [-0.2, 0) is 4.79 Å². The molecular weight excluding hydrogens is 401 g/mol. The topological polar surface area (TPSA) is 56.1 Å². The Morgan fingerprint density at radius 3 is 2.73 bits per heavy atom. The van der Waals surface area contributed by atoms with Crippen LogP contribution >= 0.6 is 15.9 Å². The molecular formula is C19H15BrFN3O2. The predicted molar refractivity (Wildman–Crippen MR) is 99.3 cm³/mol. The van der Waals surface area contributed by atoms with Crippen LogP contribution in [-0.4, -0.2) is 22.8 Å². The van der Waals surface area contributed by atoms with Crippen LogP contribution in [0, 0.1) is 5.82 Å². The van der Waals surface area contributed by atoms with Gasteiger partial charge in [0, 0.05) is 27.9 Å². The number of halogens is 2. The molecule has 0 radical (unpaired) electrons. The SMILES string of the molecule is COc1ccc(Br)cc1C1CC(=O)Nc2c1cnn2-c1ccc(F)cc1. The normalized spacial score (nSPS) is 16.1. The lowest BCUT2D eigenvalue weighted by molar-refractivity contribution is -0.116. The first kappa shape index (κ1) is 16.8. The van der Waals surface area contributed by atoms with E-state index in [1.54, 1.807) is 30.1 Å². The predicted octanol–water partition coefficient (Wildman–Crippen LogP) is 4.26. The van der Waals surface area contributed by atoms with Gasteiger partial charge in [-0.3, -0.25) is 4.79 Å². The molecule has 3 aromatic rings. The van der Waals surface area contributed by atoms with Gasteiger partial charge in [0.2, 0.25) is 5.91 Å². The van der Waals surface area contributed by atoms with Gasteiger partial charge in [-0.15, -0.1) is 0 Å². The molecule has 5 nitrogen and oxygen atoms in total. The molecule has 1 amide bonds. The van der Waals surface area contributed by atoms with Gasteiger partial charge >= 0.3 is 0 Å². The second kappa shape index (κ2) is 6.57. The number of ether oxygens (including phenoxy) is 1. The van der Waals surface area contributed by atoms with Gasteiger partial charge < -0.3 is 10.1 Å². The Morgan fingerprint density at radius 2 is 2.00 bits per heavy atom. The molecule has 2 heterocycles. The summed E-state index contributed by atoms with van der Waals surface area (Å²) in [5.41, 5.74) is 2.48. The Kier molecular flexibility index (Phi) is 4.24. The van der Waals surface area contributed by atoms with Gasteiger partial charge in [0.05, 0.1) is 19.0 Å². The van der Waals surface area contributed by atoms with Crippen LogP contribution in [0.1, 0.15) is 23.5 Å². The quantitative estimate of drug-likeness (QED) is 0.695. The number of hydrogen-bond acceptors (Lipinski definition) is 3. The van der Waals surface area contributed by atoms with Gasteiger partial charge in [-0.05, 0) is 42.5 Å². The van der Waals surface area contributed by atoms with E-state index in [2.05, 4.69) is 26.3 Å². The fraction of sp³-hybridized carbons (Fsp3) is 0.158. The average molecular weight is 416 g/mol. The van der Waals surface area contributed by atoms with E-state index in [9.17, 15) is 9.18 Å². The van der Waals surface area contributed by atoms with E-state index in [1.807, 2.05) is 18.2 Å². The molecule has 1 N–H and O–H groups in total. The Balaban J connectivity index is 1.84. The highest BCUT2D eigenvalue weighted by Gasteiger charge is 2.32. The summed E-state index contributed by atoms with van der Waals surface area (Å²) in [5.74, 6) is 0.706. The van der Waals surface area contributed by atoms with Gasteiger partial charge in [-0.25, -0.2) is 9.07 Å². The molecule has 1 aliphatic heterocycles. The fourth-order valence-electron chi connectivity index (χ4n) is 3.25. The Bertz CT molecular complexity index is 985. The zero-order valence-electron chi connectivity index (χ0n) is 13.9. The Labute approximate surface area is 157 Å². The summed E-state index contributed by atoms with van der Waals surface area (Å²) in [7, 11) is 1.61. The van der Waals surface area contributed by atoms with E-state index in [4.69, 9.17) is 4.74 Å². The Hall–Kier alpha value is -2.67. The molecule has 26 heavy (non-hydrogen) atoms. The molecule has 2 aromatic carbocycles. The zero-order chi connectivity index (χ0) is 18.3. The number of carbonyl (C=O) groups excluding carboxylic acids is 1. The first-order chi connectivity index (χ1) is 12.6. The van der Waals surface area contributed by atoms with Crippen molar-refractivity contribution in [1.82, 2.24) is 9.78 Å². The summed E-state index contributed by atoms with van der Waals surface area (Å²) in [4.78, 5) is 12.4. The summed E-state index contributed by atoms with van der Waals surface area (Å²) in [6.07, 6.45) is 2.04. The summed E-state index contributed by atoms with van der Waals surface area (Å²) < 4.78 is 21.2. The highest BCUT2D eigenvalue weighted by Crippen LogP contribution is 2.42. The average Bonchev–Trinajstić information content (AvgIpc) is 3.05. The van der Waals surface area contributed by atoms with Crippen LogP contribution in [0.15, 0.2) is 53.1 Å². The molecule has 0 fully saturated rings. The van der Waals surface area contributed by atoms with Crippen molar-refractivity contribution in [3.8, 4) is 11.4 Å². The van der Waals surface area contributed by atoms with E-state index >= 15 is 0 Å². The molecule has 1 aliphatic rings. The molecule has 1 unspecified atom stereocenters. The maximum absolute atomic E-state index is 13.2. The molecule has 7 heteroatoms. The number of methoxy groups -OCH3 is 1. The van der Waals surface area contributed by atoms with Crippen molar-refractivity contribution >= 4 is 27.7 Å². The maximum Gasteiger partial charge on any atom is 0.226 e. The van der Waals surface area contributed by atoms with Crippen molar-refractivity contribution < 1.29 is 13.9 Å². The number of fused-ring (bicyclic) bond motifs is 1. The number of nitrogens with one attached hydrogen (secondary N) is 1. The first-order valence-electron chi connectivity index (χ1n) is 8.04. The number of anilines is 1. The molecule has 1 atom stereocenters. The molecule has 132 valence electrons. The van der Waals surface area contributed by atoms with Gasteiger partial charge in [0.25, 0.3) is 0 Å². The van der Waals surface area contributed by atoms with E-state index < -0.39 is 0 Å². The lowest BCUT2D eigenvalue weighted by atomic mass is 9.87. The molecule has 0 saturated carbocycles. The number of amides is 1. The van der Waals surface area contributed by atoms with Crippen molar-refractivity contribution in [2.75, 3.05) is 12.4 Å². The van der Waals surface area contributed by atoms with Crippen LogP contribution < -0.4 is 10.1 Å². The number of nitrogens with zero attached hydrogens (tertiary/aromatic N) is 2. The lowest BCUT2D eigenvalue weighted by Gasteiger charge is -2.25. The largest absolute Gasteiger partial charge is 0.496 e. The van der Waals surface area contributed by atoms with Crippen LogP contribution in [0.5, 0.6) is 5.75 Å². The lowest BCUT2D eigenvalue weighted by Crippen LogP contribution is -2.24. The standard InChI is InChI=1S/C19H15BrFN3O2/c1-26-17-7-2-11(20)8-15(17)14-9-18(25)23-19-16(14)10-22-24(19)13-5-3-12(21)4-6-13/h2-8,10,14H,9H2,1H3,(H,23,25). The van der Waals surface area contributed by atoms with Crippen LogP contribution in [0.25, 0.3) is 5.69 Å². The Morgan fingerprint density at radius 1 is 1.23 bits per heavy atom. The highest BCUT2D eigenvalue weighted by atomic mass is 79.9. The third-order valence-corrected chi connectivity index (χ3v) is 4.95. The monoisotopic (exact) mass is 415 g/mol. The molecule has 0 saturated heterocycles. The minimum absolute atomic E-state index is 0.103. The van der Waals surface area contributed by atoms with E-state index in [0.717, 1.165) is 15.6 Å². The molecule has 0 spiro atoms. The van der Waals surface area contributed by atoms with Crippen molar-refractivity contribution in [3.05, 3.63) is 70.1 Å². The summed E-state index contributed by atoms with van der Waals surface area (Å²) >= 11 is 3.48. The smallest absolute Gasteiger partial charge is 0.226 e. The number of rotatable bonds is 3. The van der Waals surface area contributed by atoms with Gasteiger partial charge in [0.1, 0.15) is 17.4 Å². The van der Waals surface area contributed by atoms with E-state index in [0.29, 0.717) is 23.7 Å². The minimum Gasteiger partial charge on any atom is -0.496 e. The third kappa shape index (κ3) is 2.88. The summed E-state index contributed by atoms with van der Waals surface area (Å²) in [6.45, 7) is 0. The van der Waals surface area contributed by atoms with Crippen LogP contribution in [0.4, 0.5) is 10.2 Å². The first-order valence-corrected chi connectivity index (χ1v) is 8.83. The maximum atomic E-state index is 13.2. The second-order valence-electron chi connectivity index (χ2n) is 6.03. The number of hydrogen-bond donors (Lipinski definition) is 1. The van der Waals surface area contributed by atoms with Crippen molar-refractivity contribution in [2.24, 2.45) is 0 Å². The fourth-order valence-corrected chi connectivity index (χ4v) is 3.63.